The quantitative estimate of drug-likeness (QED) is 0.802. The Morgan fingerprint density at radius 1 is 1.29 bits per heavy atom. The molecule has 4 heteroatoms. The van der Waals surface area contributed by atoms with Gasteiger partial charge in [-0.25, -0.2) is 8.78 Å². The van der Waals surface area contributed by atoms with Crippen molar-refractivity contribution >= 4 is 0 Å². The third-order valence-electron chi connectivity index (χ3n) is 2.13. The first-order valence-electron chi connectivity index (χ1n) is 4.29. The highest BCUT2D eigenvalue weighted by Crippen LogP contribution is 2.23. The van der Waals surface area contributed by atoms with Crippen LogP contribution in [0, 0.1) is 11.6 Å². The van der Waals surface area contributed by atoms with Gasteiger partial charge in [0, 0.05) is 5.56 Å². The molecule has 0 radical (unpaired) electrons. The molecule has 0 saturated carbocycles. The lowest BCUT2D eigenvalue weighted by Crippen LogP contribution is -2.25. The predicted molar refractivity (Wildman–Crippen MR) is 49.9 cm³/mol. The normalized spacial score (nSPS) is 13.3. The van der Waals surface area contributed by atoms with E-state index in [0.29, 0.717) is 0 Å². The molecular formula is C10H13F2NO. The van der Waals surface area contributed by atoms with Crippen LogP contribution in [0.25, 0.3) is 0 Å². The molecule has 0 saturated heterocycles. The zero-order valence-corrected chi connectivity index (χ0v) is 8.17. The predicted octanol–water partition coefficient (Wildman–Crippen LogP) is 1.56. The second-order valence-electron chi connectivity index (χ2n) is 3.30. The van der Waals surface area contributed by atoms with Gasteiger partial charge in [-0.05, 0) is 26.2 Å². The van der Waals surface area contributed by atoms with Crippen molar-refractivity contribution in [2.24, 2.45) is 0 Å². The summed E-state index contributed by atoms with van der Waals surface area (Å²) in [5.74, 6) is -1.25. The van der Waals surface area contributed by atoms with Crippen molar-refractivity contribution in [3.63, 3.8) is 0 Å². The minimum Gasteiger partial charge on any atom is -0.394 e. The Bertz CT molecular complexity index is 295. The molecular weight excluding hydrogens is 188 g/mol. The molecule has 1 N–H and O–H groups in total. The molecule has 0 unspecified atom stereocenters. The molecule has 0 spiro atoms. The third-order valence-corrected chi connectivity index (χ3v) is 2.13. The summed E-state index contributed by atoms with van der Waals surface area (Å²) in [7, 11) is 3.32. The molecule has 0 fully saturated rings. The van der Waals surface area contributed by atoms with Crippen LogP contribution in [0.1, 0.15) is 11.6 Å². The Balaban J connectivity index is 3.15. The summed E-state index contributed by atoms with van der Waals surface area (Å²) in [6, 6.07) is 3.03. The molecule has 0 aliphatic rings. The number of nitrogens with zero attached hydrogens (tertiary/aromatic N) is 1. The van der Waals surface area contributed by atoms with E-state index >= 15 is 0 Å². The monoisotopic (exact) mass is 201 g/mol. The van der Waals surface area contributed by atoms with E-state index in [-0.39, 0.29) is 12.2 Å². The van der Waals surface area contributed by atoms with E-state index in [1.54, 1.807) is 19.0 Å². The fraction of sp³-hybridized carbons (Fsp3) is 0.400. The molecule has 0 aliphatic heterocycles. The Hall–Kier alpha value is -1.00. The lowest BCUT2D eigenvalue weighted by molar-refractivity contribution is 0.164. The maximum Gasteiger partial charge on any atom is 0.131 e. The number of hydrogen-bond acceptors (Lipinski definition) is 2. The Morgan fingerprint density at radius 3 is 2.14 bits per heavy atom. The maximum absolute atomic E-state index is 13.3. The van der Waals surface area contributed by atoms with Crippen molar-refractivity contribution in [1.82, 2.24) is 4.90 Å². The summed E-state index contributed by atoms with van der Waals surface area (Å²) in [5, 5.41) is 9.02. The first-order chi connectivity index (χ1) is 6.57. The Labute approximate surface area is 81.8 Å². The lowest BCUT2D eigenvalue weighted by atomic mass is 10.1. The van der Waals surface area contributed by atoms with Crippen LogP contribution >= 0.6 is 0 Å². The topological polar surface area (TPSA) is 23.5 Å². The van der Waals surface area contributed by atoms with Gasteiger partial charge in [0.1, 0.15) is 11.6 Å². The van der Waals surface area contributed by atoms with Crippen LogP contribution in [0.5, 0.6) is 0 Å². The van der Waals surface area contributed by atoms with Crippen LogP contribution in [0.15, 0.2) is 18.2 Å². The van der Waals surface area contributed by atoms with Crippen LogP contribution in [0.4, 0.5) is 8.78 Å². The summed E-state index contributed by atoms with van der Waals surface area (Å²) in [4.78, 5) is 1.57. The first-order valence-corrected chi connectivity index (χ1v) is 4.29. The highest BCUT2D eigenvalue weighted by molar-refractivity contribution is 5.23. The molecule has 0 aromatic heterocycles. The molecule has 0 amide bonds. The van der Waals surface area contributed by atoms with E-state index < -0.39 is 17.7 Å². The first kappa shape index (κ1) is 11.1. The fourth-order valence-electron chi connectivity index (χ4n) is 1.34. The molecule has 1 rings (SSSR count). The molecule has 0 bridgehead atoms. The summed E-state index contributed by atoms with van der Waals surface area (Å²) >= 11 is 0. The lowest BCUT2D eigenvalue weighted by Gasteiger charge is -2.23. The largest absolute Gasteiger partial charge is 0.394 e. The van der Waals surface area contributed by atoms with Crippen molar-refractivity contribution in [2.45, 2.75) is 6.04 Å². The van der Waals surface area contributed by atoms with Gasteiger partial charge in [-0.2, -0.15) is 0 Å². The fourth-order valence-corrected chi connectivity index (χ4v) is 1.34. The zero-order chi connectivity index (χ0) is 10.7. The molecule has 2 nitrogen and oxygen atoms in total. The average Bonchev–Trinajstić information content (AvgIpc) is 2.10. The number of benzene rings is 1. The van der Waals surface area contributed by atoms with E-state index in [4.69, 9.17) is 5.11 Å². The minimum absolute atomic E-state index is 0.0833. The third kappa shape index (κ3) is 2.08. The van der Waals surface area contributed by atoms with Crippen LogP contribution < -0.4 is 0 Å². The van der Waals surface area contributed by atoms with Crippen LogP contribution in [0.3, 0.4) is 0 Å². The summed E-state index contributed by atoms with van der Waals surface area (Å²) in [6.45, 7) is -0.315. The molecule has 1 aromatic carbocycles. The highest BCUT2D eigenvalue weighted by Gasteiger charge is 2.20. The van der Waals surface area contributed by atoms with Gasteiger partial charge >= 0.3 is 0 Å². The van der Waals surface area contributed by atoms with Gasteiger partial charge < -0.3 is 10.0 Å². The van der Waals surface area contributed by atoms with Gasteiger partial charge in [0.2, 0.25) is 0 Å². The minimum atomic E-state index is -0.642. The molecule has 0 heterocycles. The number of aliphatic hydroxyl groups is 1. The second-order valence-corrected chi connectivity index (χ2v) is 3.30. The van der Waals surface area contributed by atoms with Crippen molar-refractivity contribution in [3.05, 3.63) is 35.4 Å². The molecule has 1 atom stereocenters. The van der Waals surface area contributed by atoms with E-state index in [1.165, 1.54) is 18.2 Å². The van der Waals surface area contributed by atoms with Crippen LogP contribution in [-0.2, 0) is 0 Å². The standard InChI is InChI=1S/C10H13F2NO/c1-13(2)9(6-14)10-7(11)4-3-5-8(10)12/h3-5,9,14H,6H2,1-2H3/t9-/m0/s1. The van der Waals surface area contributed by atoms with E-state index in [0.717, 1.165) is 0 Å². The highest BCUT2D eigenvalue weighted by atomic mass is 19.1. The number of hydrogen-bond donors (Lipinski definition) is 1. The van der Waals surface area contributed by atoms with Crippen molar-refractivity contribution in [1.29, 1.82) is 0 Å². The van der Waals surface area contributed by atoms with Gasteiger partial charge in [-0.15, -0.1) is 0 Å². The van der Waals surface area contributed by atoms with Crippen molar-refractivity contribution in [2.75, 3.05) is 20.7 Å². The number of likely N-dealkylation sites (N-methyl/N-ethyl adjacent to an activating group) is 1. The van der Waals surface area contributed by atoms with Gasteiger partial charge in [0.05, 0.1) is 12.6 Å². The van der Waals surface area contributed by atoms with Crippen molar-refractivity contribution < 1.29 is 13.9 Å². The van der Waals surface area contributed by atoms with Gasteiger partial charge in [0.25, 0.3) is 0 Å². The molecule has 0 aliphatic carbocycles. The van der Waals surface area contributed by atoms with Crippen LogP contribution in [0.2, 0.25) is 0 Å². The number of rotatable bonds is 3. The SMILES string of the molecule is CN(C)[C@@H](CO)c1c(F)cccc1F. The van der Waals surface area contributed by atoms with E-state index in [2.05, 4.69) is 0 Å². The van der Waals surface area contributed by atoms with E-state index in [9.17, 15) is 8.78 Å². The summed E-state index contributed by atoms with van der Waals surface area (Å²) in [6.07, 6.45) is 0. The Morgan fingerprint density at radius 2 is 1.79 bits per heavy atom. The molecule has 14 heavy (non-hydrogen) atoms. The van der Waals surface area contributed by atoms with Gasteiger partial charge in [-0.1, -0.05) is 6.07 Å². The number of aliphatic hydroxyl groups excluding tert-OH is 1. The summed E-state index contributed by atoms with van der Waals surface area (Å²) < 4.78 is 26.5. The van der Waals surface area contributed by atoms with Gasteiger partial charge in [-0.3, -0.25) is 0 Å². The summed E-state index contributed by atoms with van der Waals surface area (Å²) in [5.41, 5.74) is -0.0833. The van der Waals surface area contributed by atoms with E-state index in [1.807, 2.05) is 0 Å². The Kier molecular flexibility index (Phi) is 3.55. The van der Waals surface area contributed by atoms with Crippen molar-refractivity contribution in [3.8, 4) is 0 Å². The van der Waals surface area contributed by atoms with Gasteiger partial charge in [0.15, 0.2) is 0 Å². The smallest absolute Gasteiger partial charge is 0.131 e. The van der Waals surface area contributed by atoms with Crippen LogP contribution in [-0.4, -0.2) is 30.7 Å². The number of halogens is 2. The second kappa shape index (κ2) is 4.48. The average molecular weight is 201 g/mol. The molecule has 1 aromatic rings. The molecule has 78 valence electrons. The maximum atomic E-state index is 13.3. The zero-order valence-electron chi connectivity index (χ0n) is 8.17.